The van der Waals surface area contributed by atoms with Crippen molar-refractivity contribution < 1.29 is 38.1 Å². The van der Waals surface area contributed by atoms with E-state index in [1.165, 1.54) is 19.2 Å². The predicted molar refractivity (Wildman–Crippen MR) is 155 cm³/mol. The fourth-order valence-electron chi connectivity index (χ4n) is 4.39. The van der Waals surface area contributed by atoms with Crippen LogP contribution in [-0.2, 0) is 30.3 Å². The van der Waals surface area contributed by atoms with Crippen LogP contribution in [0.3, 0.4) is 0 Å². The van der Waals surface area contributed by atoms with Crippen LogP contribution >= 0.6 is 0 Å². The third-order valence-corrected chi connectivity index (χ3v) is 6.51. The van der Waals surface area contributed by atoms with Crippen molar-refractivity contribution in [1.82, 2.24) is 0 Å². The van der Waals surface area contributed by atoms with Gasteiger partial charge in [0.05, 0.1) is 12.7 Å². The molecule has 0 amide bonds. The Balaban J connectivity index is 2.25. The summed E-state index contributed by atoms with van der Waals surface area (Å²) in [6.45, 7) is 5.73. The molecule has 0 saturated carbocycles. The first kappa shape index (κ1) is 33.5. The zero-order chi connectivity index (χ0) is 30.3. The fourth-order valence-corrected chi connectivity index (χ4v) is 4.39. The van der Waals surface area contributed by atoms with Crippen molar-refractivity contribution in [3.63, 3.8) is 0 Å². The van der Waals surface area contributed by atoms with Gasteiger partial charge in [0.15, 0.2) is 11.5 Å². The molecular formula is C32H43NO8. The lowest BCUT2D eigenvalue weighted by Crippen LogP contribution is -2.53. The third-order valence-electron chi connectivity index (χ3n) is 6.51. The van der Waals surface area contributed by atoms with Crippen LogP contribution < -0.4 is 15.2 Å². The average molecular weight is 570 g/mol. The number of methoxy groups -OCH3 is 1. The summed E-state index contributed by atoms with van der Waals surface area (Å²) in [7, 11) is 1.23. The minimum absolute atomic E-state index is 0.0159. The number of unbranched alkanes of at least 4 members (excludes halogenated alkanes) is 4. The van der Waals surface area contributed by atoms with Crippen molar-refractivity contribution in [1.29, 1.82) is 0 Å². The van der Waals surface area contributed by atoms with Gasteiger partial charge in [0, 0.05) is 25.7 Å². The van der Waals surface area contributed by atoms with Crippen LogP contribution in [0.5, 0.6) is 11.5 Å². The van der Waals surface area contributed by atoms with E-state index in [1.807, 2.05) is 13.8 Å². The van der Waals surface area contributed by atoms with Gasteiger partial charge in [-0.2, -0.15) is 0 Å². The Kier molecular flexibility index (Phi) is 14.0. The van der Waals surface area contributed by atoms with Crippen molar-refractivity contribution in [3.8, 4) is 11.5 Å². The molecule has 0 spiro atoms. The summed E-state index contributed by atoms with van der Waals surface area (Å²) in [5.74, 6) is -1.91. The summed E-state index contributed by atoms with van der Waals surface area (Å²) in [5.41, 5.74) is 5.92. The normalized spacial score (nSPS) is 13.0. The highest BCUT2D eigenvalue weighted by atomic mass is 16.6. The van der Waals surface area contributed by atoms with E-state index in [9.17, 15) is 19.2 Å². The zero-order valence-corrected chi connectivity index (χ0v) is 24.6. The molecule has 0 radical (unpaired) electrons. The maximum absolute atomic E-state index is 12.8. The number of benzene rings is 2. The fraction of sp³-hybridized carbons (Fsp3) is 0.500. The van der Waals surface area contributed by atoms with Gasteiger partial charge in [0.2, 0.25) is 0 Å². The minimum Gasteiger partial charge on any atom is -0.468 e. The van der Waals surface area contributed by atoms with Crippen LogP contribution in [0.1, 0.15) is 94.5 Å². The lowest BCUT2D eigenvalue weighted by Gasteiger charge is -2.29. The molecule has 2 aromatic carbocycles. The molecule has 0 bridgehead atoms. The molecule has 9 nitrogen and oxygen atoms in total. The van der Waals surface area contributed by atoms with Crippen molar-refractivity contribution in [2.75, 3.05) is 7.11 Å². The van der Waals surface area contributed by atoms with E-state index in [0.717, 1.165) is 25.7 Å². The van der Waals surface area contributed by atoms with Crippen LogP contribution in [0.15, 0.2) is 48.5 Å². The Bertz CT molecular complexity index is 1150. The lowest BCUT2D eigenvalue weighted by atomic mass is 9.86. The summed E-state index contributed by atoms with van der Waals surface area (Å²) >= 11 is 0. The maximum Gasteiger partial charge on any atom is 0.338 e. The number of carbonyl (C=O) groups is 4. The highest BCUT2D eigenvalue weighted by Crippen LogP contribution is 2.32. The molecule has 1 unspecified atom stereocenters. The zero-order valence-electron chi connectivity index (χ0n) is 24.6. The predicted octanol–water partition coefficient (Wildman–Crippen LogP) is 5.71. The van der Waals surface area contributed by atoms with Crippen molar-refractivity contribution in [2.24, 2.45) is 5.73 Å². The molecule has 0 fully saturated rings. The van der Waals surface area contributed by atoms with Gasteiger partial charge < -0.3 is 24.7 Å². The molecule has 0 saturated heterocycles. The molecule has 0 heterocycles. The van der Waals surface area contributed by atoms with Crippen LogP contribution in [0.2, 0.25) is 0 Å². The highest BCUT2D eigenvalue weighted by Gasteiger charge is 2.38. The number of carbonyl (C=O) groups excluding carboxylic acids is 4. The smallest absolute Gasteiger partial charge is 0.338 e. The van der Waals surface area contributed by atoms with Gasteiger partial charge in [-0.3, -0.25) is 14.4 Å². The number of nitrogens with two attached hydrogens (primary N) is 1. The molecule has 41 heavy (non-hydrogen) atoms. The molecule has 0 aliphatic rings. The molecule has 2 atom stereocenters. The van der Waals surface area contributed by atoms with Crippen LogP contribution in [0, 0.1) is 0 Å². The van der Waals surface area contributed by atoms with Crippen molar-refractivity contribution in [3.05, 3.63) is 59.7 Å². The number of ether oxygens (including phenoxy) is 4. The Morgan fingerprint density at radius 2 is 1.41 bits per heavy atom. The van der Waals surface area contributed by atoms with Gasteiger partial charge in [-0.25, -0.2) is 4.79 Å². The van der Waals surface area contributed by atoms with Crippen molar-refractivity contribution in [2.45, 2.75) is 96.6 Å². The minimum atomic E-state index is -1.56. The van der Waals surface area contributed by atoms with E-state index in [2.05, 4.69) is 0 Å². The SMILES string of the molecule is CCCCCC(=O)Oc1ccc(CC(N)(C[C@H](C)OC(=O)c2ccccc2)C(=O)OC)cc1OC(=O)CCCCC. The summed E-state index contributed by atoms with van der Waals surface area (Å²) in [4.78, 5) is 50.3. The summed E-state index contributed by atoms with van der Waals surface area (Å²) < 4.78 is 21.7. The highest BCUT2D eigenvalue weighted by molar-refractivity contribution is 5.89. The third kappa shape index (κ3) is 11.4. The summed E-state index contributed by atoms with van der Waals surface area (Å²) in [5, 5.41) is 0. The maximum atomic E-state index is 12.8. The van der Waals surface area contributed by atoms with E-state index in [0.29, 0.717) is 24.0 Å². The summed E-state index contributed by atoms with van der Waals surface area (Å²) in [6.07, 6.45) is 4.78. The molecule has 2 N–H and O–H groups in total. The van der Waals surface area contributed by atoms with E-state index in [-0.39, 0.29) is 37.2 Å². The second kappa shape index (κ2) is 17.2. The Morgan fingerprint density at radius 3 is 1.98 bits per heavy atom. The van der Waals surface area contributed by atoms with E-state index in [1.54, 1.807) is 43.3 Å². The average Bonchev–Trinajstić information content (AvgIpc) is 2.94. The molecule has 9 heteroatoms. The second-order valence-electron chi connectivity index (χ2n) is 10.3. The first-order valence-electron chi connectivity index (χ1n) is 14.3. The van der Waals surface area contributed by atoms with E-state index in [4.69, 9.17) is 24.7 Å². The van der Waals surface area contributed by atoms with Gasteiger partial charge in [-0.15, -0.1) is 0 Å². The van der Waals surface area contributed by atoms with Gasteiger partial charge in [-0.1, -0.05) is 63.8 Å². The van der Waals surface area contributed by atoms with Crippen LogP contribution in [0.4, 0.5) is 0 Å². The molecule has 0 aliphatic carbocycles. The molecule has 2 rings (SSSR count). The van der Waals surface area contributed by atoms with Crippen LogP contribution in [-0.4, -0.2) is 42.6 Å². The largest absolute Gasteiger partial charge is 0.468 e. The van der Waals surface area contributed by atoms with E-state index >= 15 is 0 Å². The Labute approximate surface area is 242 Å². The molecule has 2 aromatic rings. The topological polar surface area (TPSA) is 131 Å². The number of rotatable bonds is 17. The van der Waals surface area contributed by atoms with Gasteiger partial charge in [-0.05, 0) is 49.6 Å². The standard InChI is InChI=1S/C32H43NO8/c1-5-7-10-16-28(34)40-26-19-18-24(20-27(26)41-29(35)17-11-8-6-2)22-32(33,31(37)38-4)21-23(3)39-30(36)25-14-12-9-13-15-25/h9,12-15,18-20,23H,5-8,10-11,16-17,21-22,33H2,1-4H3/t23-,32?/m0/s1. The molecular weight excluding hydrogens is 526 g/mol. The monoisotopic (exact) mass is 569 g/mol. The first-order valence-corrected chi connectivity index (χ1v) is 14.3. The molecule has 0 aromatic heterocycles. The van der Waals surface area contributed by atoms with Gasteiger partial charge >= 0.3 is 23.9 Å². The molecule has 224 valence electrons. The van der Waals surface area contributed by atoms with E-state index < -0.39 is 35.5 Å². The van der Waals surface area contributed by atoms with Gasteiger partial charge in [0.1, 0.15) is 11.6 Å². The van der Waals surface area contributed by atoms with Gasteiger partial charge in [0.25, 0.3) is 0 Å². The lowest BCUT2D eigenvalue weighted by molar-refractivity contribution is -0.148. The Hall–Kier alpha value is -3.72. The summed E-state index contributed by atoms with van der Waals surface area (Å²) in [6, 6.07) is 13.2. The van der Waals surface area contributed by atoms with Crippen molar-refractivity contribution >= 4 is 23.9 Å². The number of hydrogen-bond donors (Lipinski definition) is 1. The Morgan fingerprint density at radius 1 is 0.829 bits per heavy atom. The first-order chi connectivity index (χ1) is 19.6. The second-order valence-corrected chi connectivity index (χ2v) is 10.3. The van der Waals surface area contributed by atoms with Crippen LogP contribution in [0.25, 0.3) is 0 Å². The molecule has 0 aliphatic heterocycles. The number of esters is 4. The quantitative estimate of drug-likeness (QED) is 0.145. The number of hydrogen-bond acceptors (Lipinski definition) is 9.